The summed E-state index contributed by atoms with van der Waals surface area (Å²) in [6, 6.07) is 7.15. The summed E-state index contributed by atoms with van der Waals surface area (Å²) in [5.41, 5.74) is 9.49. The fraction of sp³-hybridized carbons (Fsp3) is 0.304. The number of nitrogen functional groups attached to an aromatic ring is 1. The molecule has 0 saturated heterocycles. The van der Waals surface area contributed by atoms with Gasteiger partial charge in [-0.05, 0) is 56.0 Å². The number of aromatic nitrogens is 2. The molecule has 1 aliphatic rings. The van der Waals surface area contributed by atoms with Crippen LogP contribution in [0.4, 0.5) is 5.69 Å². The zero-order chi connectivity index (χ0) is 19.8. The average molecular weight is 377 g/mol. The minimum atomic E-state index is 0.0338. The third-order valence-electron chi connectivity index (χ3n) is 4.73. The van der Waals surface area contributed by atoms with E-state index in [2.05, 4.69) is 36.2 Å². The van der Waals surface area contributed by atoms with E-state index < -0.39 is 0 Å². The smallest absolute Gasteiger partial charge is 0.254 e. The summed E-state index contributed by atoms with van der Waals surface area (Å²) >= 11 is 0. The number of rotatable bonds is 8. The number of allylic oxidation sites excluding steroid dienone is 5. The average Bonchev–Trinajstić information content (AvgIpc) is 3.21. The second-order valence-electron chi connectivity index (χ2n) is 7.18. The summed E-state index contributed by atoms with van der Waals surface area (Å²) in [5, 5.41) is 0. The van der Waals surface area contributed by atoms with Crippen LogP contribution in [0.2, 0.25) is 0 Å². The zero-order valence-electron chi connectivity index (χ0n) is 16.4. The first-order valence-electron chi connectivity index (χ1n) is 9.76. The van der Waals surface area contributed by atoms with Crippen molar-refractivity contribution in [1.82, 2.24) is 14.5 Å². The van der Waals surface area contributed by atoms with Crippen LogP contribution in [0.1, 0.15) is 36.5 Å². The Balaban J connectivity index is 1.69. The number of imidazole rings is 1. The number of benzene rings is 1. The molecule has 3 rings (SSSR count). The monoisotopic (exact) mass is 376 g/mol. The number of nitrogens with two attached hydrogens (primary N) is 1. The van der Waals surface area contributed by atoms with E-state index in [0.29, 0.717) is 24.3 Å². The highest BCUT2D eigenvalue weighted by atomic mass is 16.2. The van der Waals surface area contributed by atoms with Crippen molar-refractivity contribution in [1.29, 1.82) is 0 Å². The molecule has 1 aromatic carbocycles. The van der Waals surface area contributed by atoms with Crippen molar-refractivity contribution < 1.29 is 4.79 Å². The molecule has 28 heavy (non-hydrogen) atoms. The maximum absolute atomic E-state index is 13.1. The van der Waals surface area contributed by atoms with Gasteiger partial charge in [0.2, 0.25) is 0 Å². The minimum absolute atomic E-state index is 0.0338. The third-order valence-corrected chi connectivity index (χ3v) is 4.73. The zero-order valence-corrected chi connectivity index (χ0v) is 16.4. The molecule has 5 heteroatoms. The van der Waals surface area contributed by atoms with Gasteiger partial charge in [0.15, 0.2) is 0 Å². The Bertz CT molecular complexity index is 861. The van der Waals surface area contributed by atoms with Gasteiger partial charge in [0.05, 0.1) is 6.33 Å². The van der Waals surface area contributed by atoms with E-state index in [4.69, 9.17) is 5.73 Å². The molecule has 2 N–H and O–H groups in total. The van der Waals surface area contributed by atoms with Gasteiger partial charge in [0, 0.05) is 43.3 Å². The predicted molar refractivity (Wildman–Crippen MR) is 114 cm³/mol. The van der Waals surface area contributed by atoms with Crippen LogP contribution in [0.15, 0.2) is 78.4 Å². The van der Waals surface area contributed by atoms with Gasteiger partial charge in [-0.25, -0.2) is 4.98 Å². The second-order valence-corrected chi connectivity index (χ2v) is 7.18. The first kappa shape index (κ1) is 19.7. The molecule has 2 aromatic rings. The maximum Gasteiger partial charge on any atom is 0.254 e. The molecule has 0 unspecified atom stereocenters. The first-order valence-corrected chi connectivity index (χ1v) is 9.76. The van der Waals surface area contributed by atoms with Crippen LogP contribution < -0.4 is 5.73 Å². The number of carbonyl (C=O) groups excluding carboxylic acids is 1. The Morgan fingerprint density at radius 1 is 1.29 bits per heavy atom. The topological polar surface area (TPSA) is 64.2 Å². The summed E-state index contributed by atoms with van der Waals surface area (Å²) in [4.78, 5) is 19.1. The van der Waals surface area contributed by atoms with E-state index in [1.165, 1.54) is 11.1 Å². The molecule has 0 aliphatic heterocycles. The lowest BCUT2D eigenvalue weighted by atomic mass is 10.0. The van der Waals surface area contributed by atoms with Crippen LogP contribution in [0.25, 0.3) is 0 Å². The Hall–Kier alpha value is -3.08. The number of nitrogens with zero attached hydrogens (tertiary/aromatic N) is 3. The van der Waals surface area contributed by atoms with Gasteiger partial charge in [0.1, 0.15) is 0 Å². The van der Waals surface area contributed by atoms with E-state index in [9.17, 15) is 4.79 Å². The van der Waals surface area contributed by atoms with Gasteiger partial charge in [-0.15, -0.1) is 0 Å². The molecule has 1 aliphatic carbocycles. The van der Waals surface area contributed by atoms with Crippen molar-refractivity contribution in [2.24, 2.45) is 0 Å². The van der Waals surface area contributed by atoms with Gasteiger partial charge in [-0.3, -0.25) is 4.79 Å². The summed E-state index contributed by atoms with van der Waals surface area (Å²) in [5.74, 6) is 0.0338. The molecule has 0 radical (unpaired) electrons. The third kappa shape index (κ3) is 5.71. The number of anilines is 1. The van der Waals surface area contributed by atoms with Gasteiger partial charge < -0.3 is 15.2 Å². The molecule has 0 spiro atoms. The number of hydrogen-bond donors (Lipinski definition) is 1. The molecule has 0 saturated carbocycles. The van der Waals surface area contributed by atoms with Gasteiger partial charge in [0.25, 0.3) is 5.91 Å². The maximum atomic E-state index is 13.1. The molecule has 1 heterocycles. The van der Waals surface area contributed by atoms with Crippen LogP contribution in [0.3, 0.4) is 0 Å². The first-order chi connectivity index (χ1) is 13.6. The molecular formula is C23H28N4O. The Kier molecular flexibility index (Phi) is 6.84. The SMILES string of the molecule is C/C(=C\C1=CCCC=C1)CN(CCCn1ccnc1)C(=O)c1ccc(N)cc1. The van der Waals surface area contributed by atoms with E-state index in [-0.39, 0.29) is 5.91 Å². The fourth-order valence-corrected chi connectivity index (χ4v) is 3.30. The van der Waals surface area contributed by atoms with Crippen molar-refractivity contribution >= 4 is 11.6 Å². The Morgan fingerprint density at radius 2 is 2.11 bits per heavy atom. The molecule has 0 bridgehead atoms. The molecule has 1 amide bonds. The highest BCUT2D eigenvalue weighted by Crippen LogP contribution is 2.15. The molecule has 0 fully saturated rings. The van der Waals surface area contributed by atoms with E-state index in [0.717, 1.165) is 25.8 Å². The van der Waals surface area contributed by atoms with E-state index >= 15 is 0 Å². The van der Waals surface area contributed by atoms with E-state index in [1.807, 2.05) is 15.7 Å². The quantitative estimate of drug-likeness (QED) is 0.702. The summed E-state index contributed by atoms with van der Waals surface area (Å²) in [6.45, 7) is 4.21. The molecule has 1 aromatic heterocycles. The largest absolute Gasteiger partial charge is 0.399 e. The fourth-order valence-electron chi connectivity index (χ4n) is 3.30. The summed E-state index contributed by atoms with van der Waals surface area (Å²) in [6.07, 6.45) is 17.3. The lowest BCUT2D eigenvalue weighted by Gasteiger charge is -2.24. The van der Waals surface area contributed by atoms with Gasteiger partial charge in [-0.1, -0.05) is 29.9 Å². The highest BCUT2D eigenvalue weighted by molar-refractivity contribution is 5.94. The number of hydrogen-bond acceptors (Lipinski definition) is 3. The van der Waals surface area contributed by atoms with Crippen LogP contribution in [0.5, 0.6) is 0 Å². The second kappa shape index (κ2) is 9.74. The summed E-state index contributed by atoms with van der Waals surface area (Å²) in [7, 11) is 0. The molecule has 0 atom stereocenters. The number of aryl methyl sites for hydroxylation is 1. The van der Waals surface area contributed by atoms with Crippen molar-refractivity contribution in [3.8, 4) is 0 Å². The van der Waals surface area contributed by atoms with E-state index in [1.54, 1.807) is 36.8 Å². The van der Waals surface area contributed by atoms with Crippen molar-refractivity contribution in [2.45, 2.75) is 32.7 Å². The van der Waals surface area contributed by atoms with Crippen molar-refractivity contribution in [2.75, 3.05) is 18.8 Å². The number of amides is 1. The van der Waals surface area contributed by atoms with Crippen molar-refractivity contribution in [3.05, 3.63) is 84.0 Å². The Morgan fingerprint density at radius 3 is 2.79 bits per heavy atom. The highest BCUT2D eigenvalue weighted by Gasteiger charge is 2.16. The van der Waals surface area contributed by atoms with Crippen LogP contribution in [-0.2, 0) is 6.54 Å². The predicted octanol–water partition coefficient (Wildman–Crippen LogP) is 4.22. The lowest BCUT2D eigenvalue weighted by molar-refractivity contribution is 0.0766. The molecule has 5 nitrogen and oxygen atoms in total. The summed E-state index contributed by atoms with van der Waals surface area (Å²) < 4.78 is 2.03. The Labute approximate surface area is 166 Å². The van der Waals surface area contributed by atoms with Crippen molar-refractivity contribution in [3.63, 3.8) is 0 Å². The lowest BCUT2D eigenvalue weighted by Crippen LogP contribution is -2.34. The van der Waals surface area contributed by atoms with Crippen LogP contribution in [0, 0.1) is 0 Å². The normalized spacial score (nSPS) is 14.0. The van der Waals surface area contributed by atoms with Gasteiger partial charge in [-0.2, -0.15) is 0 Å². The number of carbonyl (C=O) groups is 1. The molecule has 146 valence electrons. The standard InChI is InChI=1S/C23H28N4O/c1-19(16-20-6-3-2-4-7-20)17-27(14-5-13-26-15-12-25-18-26)23(28)21-8-10-22(24)11-9-21/h3,6-12,15-16,18H,2,4-5,13-14,17,24H2,1H3/b19-16+. The molecular weight excluding hydrogens is 348 g/mol. The van der Waals surface area contributed by atoms with Crippen LogP contribution in [-0.4, -0.2) is 33.4 Å². The van der Waals surface area contributed by atoms with Crippen LogP contribution >= 0.6 is 0 Å². The minimum Gasteiger partial charge on any atom is -0.399 e. The van der Waals surface area contributed by atoms with Gasteiger partial charge >= 0.3 is 0 Å².